The first kappa shape index (κ1) is 19.7. The molecule has 0 amide bonds. The van der Waals surface area contributed by atoms with Crippen LogP contribution >= 0.6 is 22.7 Å². The zero-order chi connectivity index (χ0) is 22.1. The summed E-state index contributed by atoms with van der Waals surface area (Å²) < 4.78 is 0.980. The van der Waals surface area contributed by atoms with E-state index in [1.807, 2.05) is 48.5 Å². The Morgan fingerprint density at radius 3 is 2.34 bits per heavy atom. The number of carbonyl (C=O) groups excluding carboxylic acids is 1. The van der Waals surface area contributed by atoms with Crippen LogP contribution in [0.1, 0.15) is 31.4 Å². The average molecular weight is 446 g/mol. The van der Waals surface area contributed by atoms with Gasteiger partial charge in [-0.25, -0.2) is 4.98 Å². The average Bonchev–Trinajstić information content (AvgIpc) is 3.46. The van der Waals surface area contributed by atoms with E-state index >= 15 is 0 Å². The Bertz CT molecular complexity index is 1560. The van der Waals surface area contributed by atoms with Crippen LogP contribution in [0, 0.1) is 34.5 Å². The van der Waals surface area contributed by atoms with E-state index in [1.165, 1.54) is 22.7 Å². The van der Waals surface area contributed by atoms with Crippen LogP contribution in [-0.2, 0) is 0 Å². The number of hydrogen-bond donors (Lipinski definition) is 0. The van der Waals surface area contributed by atoms with E-state index in [4.69, 9.17) is 0 Å². The standard InChI is InChI=1S/C26H11N3OS2/c27-14-17(15-28)24-19-8-4-5-9-20(19)25(30)21(24)12-18-13-22-26(31-18)29-23(32-22)11-10-16-6-2-1-3-7-16/h1-9,12-13H/b21-12-. The summed E-state index contributed by atoms with van der Waals surface area (Å²) in [7, 11) is 0. The van der Waals surface area contributed by atoms with Crippen molar-refractivity contribution in [2.24, 2.45) is 0 Å². The summed E-state index contributed by atoms with van der Waals surface area (Å²) in [6.07, 6.45) is 1.75. The highest BCUT2D eigenvalue weighted by molar-refractivity contribution is 7.27. The van der Waals surface area contributed by atoms with E-state index in [2.05, 4.69) is 16.8 Å². The van der Waals surface area contributed by atoms with Gasteiger partial charge in [-0.1, -0.05) is 48.4 Å². The number of nitriles is 2. The van der Waals surface area contributed by atoms with Crippen molar-refractivity contribution in [2.45, 2.75) is 0 Å². The highest BCUT2D eigenvalue weighted by Crippen LogP contribution is 2.41. The number of allylic oxidation sites excluding steroid dienone is 3. The second kappa shape index (κ2) is 8.10. The Balaban J connectivity index is 1.54. The van der Waals surface area contributed by atoms with Gasteiger partial charge in [0.25, 0.3) is 0 Å². The van der Waals surface area contributed by atoms with E-state index in [0.717, 1.165) is 25.0 Å². The molecule has 1 aliphatic rings. The van der Waals surface area contributed by atoms with Gasteiger partial charge >= 0.3 is 0 Å². The largest absolute Gasteiger partial charge is 0.289 e. The molecule has 0 aliphatic heterocycles. The number of hydrogen-bond acceptors (Lipinski definition) is 6. The van der Waals surface area contributed by atoms with Crippen molar-refractivity contribution in [3.63, 3.8) is 0 Å². The number of ketones is 1. The Hall–Kier alpha value is -4.28. The predicted octanol–water partition coefficient (Wildman–Crippen LogP) is 5.84. The zero-order valence-corrected chi connectivity index (χ0v) is 18.1. The highest BCUT2D eigenvalue weighted by Gasteiger charge is 2.32. The molecule has 0 radical (unpaired) electrons. The van der Waals surface area contributed by atoms with Gasteiger partial charge in [-0.3, -0.25) is 4.79 Å². The SMILES string of the molecule is N#CC(C#N)=C1/C(=C/c2cc3sc(C#Cc4ccccc4)nc3s2)C(=O)c2ccccc21. The molecule has 6 heteroatoms. The van der Waals surface area contributed by atoms with Crippen LogP contribution in [0.2, 0.25) is 0 Å². The lowest BCUT2D eigenvalue weighted by Crippen LogP contribution is -1.95. The Morgan fingerprint density at radius 1 is 0.906 bits per heavy atom. The summed E-state index contributed by atoms with van der Waals surface area (Å²) in [5, 5.41) is 19.6. The number of thiazole rings is 1. The van der Waals surface area contributed by atoms with Crippen LogP contribution in [0.15, 0.2) is 71.8 Å². The molecule has 0 atom stereocenters. The number of nitrogens with zero attached hydrogens (tertiary/aromatic N) is 3. The van der Waals surface area contributed by atoms with Gasteiger partial charge in [-0.05, 0) is 35.8 Å². The predicted molar refractivity (Wildman–Crippen MR) is 127 cm³/mol. The second-order valence-corrected chi connectivity index (χ2v) is 8.95. The molecule has 32 heavy (non-hydrogen) atoms. The molecule has 1 aliphatic carbocycles. The lowest BCUT2D eigenvalue weighted by Gasteiger charge is -2.00. The summed E-state index contributed by atoms with van der Waals surface area (Å²) in [5.74, 6) is 6.03. The topological polar surface area (TPSA) is 77.5 Å². The maximum Gasteiger partial charge on any atom is 0.194 e. The van der Waals surface area contributed by atoms with Crippen molar-refractivity contribution in [1.82, 2.24) is 4.98 Å². The monoisotopic (exact) mass is 445 g/mol. The summed E-state index contributed by atoms with van der Waals surface area (Å²) in [4.78, 5) is 19.3. The van der Waals surface area contributed by atoms with Crippen molar-refractivity contribution in [1.29, 1.82) is 10.5 Å². The lowest BCUT2D eigenvalue weighted by molar-refractivity contribution is 0.104. The van der Waals surface area contributed by atoms with Crippen LogP contribution in [0.5, 0.6) is 0 Å². The van der Waals surface area contributed by atoms with Gasteiger partial charge in [0.1, 0.15) is 22.5 Å². The van der Waals surface area contributed by atoms with Crippen molar-refractivity contribution in [3.05, 3.63) is 98.4 Å². The fourth-order valence-electron chi connectivity index (χ4n) is 3.51. The number of fused-ring (bicyclic) bond motifs is 2. The molecule has 4 aromatic rings. The molecule has 0 spiro atoms. The summed E-state index contributed by atoms with van der Waals surface area (Å²) in [5.41, 5.74) is 2.76. The first-order chi connectivity index (χ1) is 15.7. The molecule has 0 N–H and O–H groups in total. The molecular formula is C26H11N3OS2. The van der Waals surface area contributed by atoms with E-state index in [0.29, 0.717) is 22.3 Å². The molecule has 2 heterocycles. The van der Waals surface area contributed by atoms with Crippen LogP contribution in [0.4, 0.5) is 0 Å². The van der Waals surface area contributed by atoms with Gasteiger partial charge in [0.2, 0.25) is 0 Å². The van der Waals surface area contributed by atoms with Gasteiger partial charge in [0, 0.05) is 27.2 Å². The quantitative estimate of drug-likeness (QED) is 0.210. The minimum absolute atomic E-state index is 0.0653. The minimum Gasteiger partial charge on any atom is -0.289 e. The Kier molecular flexibility index (Phi) is 4.98. The van der Waals surface area contributed by atoms with Gasteiger partial charge in [-0.15, -0.1) is 22.7 Å². The van der Waals surface area contributed by atoms with Crippen LogP contribution in [0.25, 0.3) is 21.2 Å². The minimum atomic E-state index is -0.183. The highest BCUT2D eigenvalue weighted by atomic mass is 32.1. The molecule has 2 aromatic carbocycles. The number of thiophene rings is 1. The van der Waals surface area contributed by atoms with Crippen molar-refractivity contribution in [2.75, 3.05) is 0 Å². The fraction of sp³-hybridized carbons (Fsp3) is 0. The lowest BCUT2D eigenvalue weighted by atomic mass is 9.99. The third kappa shape index (κ3) is 3.43. The van der Waals surface area contributed by atoms with Gasteiger partial charge < -0.3 is 0 Å². The van der Waals surface area contributed by atoms with Gasteiger partial charge in [0.15, 0.2) is 10.8 Å². The Morgan fingerprint density at radius 2 is 1.62 bits per heavy atom. The van der Waals surface area contributed by atoms with Crippen molar-refractivity contribution < 1.29 is 4.79 Å². The molecule has 4 nitrogen and oxygen atoms in total. The molecule has 2 aromatic heterocycles. The summed E-state index contributed by atoms with van der Waals surface area (Å²) in [6, 6.07) is 22.6. The maximum absolute atomic E-state index is 13.0. The zero-order valence-electron chi connectivity index (χ0n) is 16.4. The van der Waals surface area contributed by atoms with Crippen LogP contribution < -0.4 is 0 Å². The van der Waals surface area contributed by atoms with E-state index in [-0.39, 0.29) is 11.4 Å². The molecule has 0 saturated heterocycles. The van der Waals surface area contributed by atoms with Crippen LogP contribution in [0.3, 0.4) is 0 Å². The number of rotatable bonds is 1. The number of Topliss-reactive ketones (excluding diaryl/α,β-unsaturated/α-hetero) is 1. The van der Waals surface area contributed by atoms with E-state index in [9.17, 15) is 15.3 Å². The third-order valence-electron chi connectivity index (χ3n) is 4.91. The maximum atomic E-state index is 13.0. The first-order valence-electron chi connectivity index (χ1n) is 9.56. The molecule has 148 valence electrons. The van der Waals surface area contributed by atoms with E-state index < -0.39 is 0 Å². The molecule has 0 fully saturated rings. The number of carbonyl (C=O) groups is 1. The van der Waals surface area contributed by atoms with Gasteiger partial charge in [-0.2, -0.15) is 10.5 Å². The second-order valence-electron chi connectivity index (χ2n) is 6.86. The first-order valence-corrected chi connectivity index (χ1v) is 11.2. The number of benzene rings is 2. The third-order valence-corrected chi connectivity index (χ3v) is 6.93. The van der Waals surface area contributed by atoms with Gasteiger partial charge in [0.05, 0.1) is 4.70 Å². The van der Waals surface area contributed by atoms with Crippen LogP contribution in [-0.4, -0.2) is 10.8 Å². The molecule has 0 saturated carbocycles. The molecule has 5 rings (SSSR count). The van der Waals surface area contributed by atoms with E-state index in [1.54, 1.807) is 30.3 Å². The number of aromatic nitrogens is 1. The molecule has 0 bridgehead atoms. The molecule has 0 unspecified atom stereocenters. The van der Waals surface area contributed by atoms with Crippen molar-refractivity contribution >= 4 is 49.6 Å². The van der Waals surface area contributed by atoms with Crippen molar-refractivity contribution in [3.8, 4) is 24.0 Å². The summed E-state index contributed by atoms with van der Waals surface area (Å²) in [6.45, 7) is 0. The molecular weight excluding hydrogens is 434 g/mol. The fourth-order valence-corrected chi connectivity index (χ4v) is 5.54. The smallest absolute Gasteiger partial charge is 0.194 e. The summed E-state index contributed by atoms with van der Waals surface area (Å²) >= 11 is 2.95. The Labute approximate surface area is 192 Å². The normalized spacial score (nSPS) is 13.4.